The van der Waals surface area contributed by atoms with Crippen molar-refractivity contribution in [2.75, 3.05) is 0 Å². The summed E-state index contributed by atoms with van der Waals surface area (Å²) in [6, 6.07) is 3.21. The number of terminal acetylenes is 1. The molecule has 0 spiro atoms. The van der Waals surface area contributed by atoms with E-state index in [1.807, 2.05) is 0 Å². The highest BCUT2D eigenvalue weighted by Crippen LogP contribution is 2.17. The van der Waals surface area contributed by atoms with E-state index in [1.165, 1.54) is 0 Å². The standard InChI is InChI=1S/C10H7F2/c1-3-7(2)9-6-8(11)4-5-10(9)12/h1,4-6H,2H3. The lowest BCUT2D eigenvalue weighted by Crippen LogP contribution is -1.96. The second kappa shape index (κ2) is 3.36. The highest BCUT2D eigenvalue weighted by atomic mass is 19.1. The minimum Gasteiger partial charge on any atom is -0.207 e. The van der Waals surface area contributed by atoms with Crippen molar-refractivity contribution in [2.24, 2.45) is 0 Å². The second-order valence-electron chi connectivity index (χ2n) is 2.39. The Morgan fingerprint density at radius 3 is 2.67 bits per heavy atom. The second-order valence-corrected chi connectivity index (χ2v) is 2.39. The zero-order valence-corrected chi connectivity index (χ0v) is 6.57. The summed E-state index contributed by atoms with van der Waals surface area (Å²) in [5.74, 6) is 1.68. The van der Waals surface area contributed by atoms with E-state index < -0.39 is 11.6 Å². The van der Waals surface area contributed by atoms with Gasteiger partial charge in [0.2, 0.25) is 0 Å². The minimum absolute atomic E-state index is 0.150. The Labute approximate surface area is 70.2 Å². The summed E-state index contributed by atoms with van der Waals surface area (Å²) < 4.78 is 25.5. The molecule has 0 atom stereocenters. The molecule has 0 fully saturated rings. The van der Waals surface area contributed by atoms with Gasteiger partial charge in [-0.3, -0.25) is 0 Å². The molecule has 1 aromatic rings. The van der Waals surface area contributed by atoms with Gasteiger partial charge in [0.15, 0.2) is 0 Å². The molecule has 0 aliphatic heterocycles. The molecule has 61 valence electrons. The summed E-state index contributed by atoms with van der Waals surface area (Å²) in [6.45, 7) is 1.57. The molecule has 0 bridgehead atoms. The molecule has 12 heavy (non-hydrogen) atoms. The van der Waals surface area contributed by atoms with Gasteiger partial charge in [0.05, 0.1) is 5.92 Å². The van der Waals surface area contributed by atoms with Gasteiger partial charge in [-0.2, -0.15) is 0 Å². The molecule has 0 aliphatic carbocycles. The van der Waals surface area contributed by atoms with E-state index in [0.29, 0.717) is 5.92 Å². The molecule has 0 aliphatic rings. The minimum atomic E-state index is -0.494. The van der Waals surface area contributed by atoms with Crippen molar-refractivity contribution in [1.29, 1.82) is 0 Å². The Hall–Kier alpha value is -1.36. The SMILES string of the molecule is C#C[C](C)c1cc(F)ccc1F. The molecule has 1 radical (unpaired) electrons. The van der Waals surface area contributed by atoms with Gasteiger partial charge in [-0.15, -0.1) is 6.42 Å². The quantitative estimate of drug-likeness (QED) is 0.561. The maximum atomic E-state index is 12.9. The fourth-order valence-electron chi connectivity index (χ4n) is 0.863. The van der Waals surface area contributed by atoms with Gasteiger partial charge in [0, 0.05) is 5.56 Å². The van der Waals surface area contributed by atoms with Crippen LogP contribution in [0, 0.1) is 29.9 Å². The van der Waals surface area contributed by atoms with Crippen LogP contribution in [0.1, 0.15) is 12.5 Å². The molecule has 0 nitrogen and oxygen atoms in total. The Bertz CT molecular complexity index is 323. The third kappa shape index (κ3) is 1.62. The summed E-state index contributed by atoms with van der Waals surface area (Å²) in [4.78, 5) is 0. The van der Waals surface area contributed by atoms with Crippen LogP contribution in [-0.4, -0.2) is 0 Å². The van der Waals surface area contributed by atoms with Crippen LogP contribution in [0.15, 0.2) is 18.2 Å². The third-order valence-electron chi connectivity index (χ3n) is 1.55. The summed E-state index contributed by atoms with van der Waals surface area (Å²) in [6.07, 6.45) is 5.05. The lowest BCUT2D eigenvalue weighted by Gasteiger charge is -2.04. The maximum absolute atomic E-state index is 12.9. The third-order valence-corrected chi connectivity index (χ3v) is 1.55. The van der Waals surface area contributed by atoms with Crippen LogP contribution in [0.2, 0.25) is 0 Å². The fourth-order valence-corrected chi connectivity index (χ4v) is 0.863. The van der Waals surface area contributed by atoms with Crippen LogP contribution in [0.3, 0.4) is 0 Å². The molecule has 0 saturated heterocycles. The fraction of sp³-hybridized carbons (Fsp3) is 0.100. The average molecular weight is 165 g/mol. The summed E-state index contributed by atoms with van der Waals surface area (Å²) >= 11 is 0. The van der Waals surface area contributed by atoms with Gasteiger partial charge < -0.3 is 0 Å². The Morgan fingerprint density at radius 1 is 1.42 bits per heavy atom. The molecular weight excluding hydrogens is 158 g/mol. The Balaban J connectivity index is 3.15. The van der Waals surface area contributed by atoms with Crippen molar-refractivity contribution in [2.45, 2.75) is 6.92 Å². The van der Waals surface area contributed by atoms with Gasteiger partial charge in [-0.25, -0.2) is 8.78 Å². The van der Waals surface area contributed by atoms with E-state index in [2.05, 4.69) is 5.92 Å². The maximum Gasteiger partial charge on any atom is 0.128 e. The van der Waals surface area contributed by atoms with Gasteiger partial charge in [0.1, 0.15) is 11.6 Å². The van der Waals surface area contributed by atoms with Gasteiger partial charge >= 0.3 is 0 Å². The van der Waals surface area contributed by atoms with Crippen molar-refractivity contribution >= 4 is 0 Å². The topological polar surface area (TPSA) is 0 Å². The molecule has 0 amide bonds. The number of hydrogen-bond donors (Lipinski definition) is 0. The van der Waals surface area contributed by atoms with Crippen LogP contribution < -0.4 is 0 Å². The van der Waals surface area contributed by atoms with Crippen molar-refractivity contribution in [3.05, 3.63) is 41.3 Å². The molecule has 2 heteroatoms. The average Bonchev–Trinajstić information content (AvgIpc) is 2.08. The number of halogens is 2. The molecule has 0 aromatic heterocycles. The van der Waals surface area contributed by atoms with E-state index in [0.717, 1.165) is 18.2 Å². The van der Waals surface area contributed by atoms with E-state index in [4.69, 9.17) is 6.42 Å². The van der Waals surface area contributed by atoms with E-state index in [9.17, 15) is 8.78 Å². The molecular formula is C10H7F2. The number of hydrogen-bond acceptors (Lipinski definition) is 0. The molecule has 0 N–H and O–H groups in total. The van der Waals surface area contributed by atoms with Gasteiger partial charge in [0.25, 0.3) is 0 Å². The lowest BCUT2D eigenvalue weighted by molar-refractivity contribution is 0.592. The predicted octanol–water partition coefficient (Wildman–Crippen LogP) is 2.54. The highest BCUT2D eigenvalue weighted by Gasteiger charge is 2.09. The van der Waals surface area contributed by atoms with Gasteiger partial charge in [-0.1, -0.05) is 5.92 Å². The van der Waals surface area contributed by atoms with E-state index in [-0.39, 0.29) is 5.56 Å². The highest BCUT2D eigenvalue weighted by molar-refractivity contribution is 5.40. The summed E-state index contributed by atoms with van der Waals surface area (Å²) in [5.41, 5.74) is 0.150. The molecule has 1 aromatic carbocycles. The van der Waals surface area contributed by atoms with Crippen molar-refractivity contribution < 1.29 is 8.78 Å². The molecule has 1 rings (SSSR count). The van der Waals surface area contributed by atoms with E-state index in [1.54, 1.807) is 6.92 Å². The van der Waals surface area contributed by atoms with Crippen molar-refractivity contribution in [1.82, 2.24) is 0 Å². The van der Waals surface area contributed by atoms with Crippen molar-refractivity contribution in [3.8, 4) is 12.3 Å². The monoisotopic (exact) mass is 165 g/mol. The van der Waals surface area contributed by atoms with E-state index >= 15 is 0 Å². The predicted molar refractivity (Wildman–Crippen MR) is 43.2 cm³/mol. The molecule has 0 saturated carbocycles. The van der Waals surface area contributed by atoms with Crippen molar-refractivity contribution in [3.63, 3.8) is 0 Å². The van der Waals surface area contributed by atoms with Crippen LogP contribution in [0.4, 0.5) is 8.78 Å². The smallest absolute Gasteiger partial charge is 0.128 e. The number of benzene rings is 1. The molecule has 0 heterocycles. The normalized spacial score (nSPS) is 9.92. The van der Waals surface area contributed by atoms with Crippen LogP contribution >= 0.6 is 0 Å². The first-order valence-electron chi connectivity index (χ1n) is 3.40. The number of rotatable bonds is 1. The zero-order chi connectivity index (χ0) is 9.14. The lowest BCUT2D eigenvalue weighted by atomic mass is 10.0. The first-order chi connectivity index (χ1) is 5.65. The first kappa shape index (κ1) is 8.73. The van der Waals surface area contributed by atoms with Gasteiger partial charge in [-0.05, 0) is 25.1 Å². The van der Waals surface area contributed by atoms with Crippen LogP contribution in [-0.2, 0) is 0 Å². The largest absolute Gasteiger partial charge is 0.207 e. The van der Waals surface area contributed by atoms with Crippen LogP contribution in [0.5, 0.6) is 0 Å². The Morgan fingerprint density at radius 2 is 2.08 bits per heavy atom. The summed E-state index contributed by atoms with van der Waals surface area (Å²) in [5, 5.41) is 0. The molecule has 0 unspecified atom stereocenters. The van der Waals surface area contributed by atoms with Crippen LogP contribution in [0.25, 0.3) is 0 Å². The first-order valence-corrected chi connectivity index (χ1v) is 3.40. The summed E-state index contributed by atoms with van der Waals surface area (Å²) in [7, 11) is 0. The zero-order valence-electron chi connectivity index (χ0n) is 6.57. The Kier molecular flexibility index (Phi) is 2.44.